The predicted octanol–water partition coefficient (Wildman–Crippen LogP) is -2.11. The van der Waals surface area contributed by atoms with Crippen molar-refractivity contribution in [1.29, 1.82) is 0 Å². The standard InChI is InChI=1S/AsH3.Be.Cd.Cr.2H/h1H3;;;;;. The van der Waals surface area contributed by atoms with Gasteiger partial charge < -0.3 is 0 Å². The molecular formula is H5AsBeCdCr. The average Bonchev–Trinajstić information content (AvgIpc) is 0. The molecule has 0 saturated carbocycles. The minimum absolute atomic E-state index is 0. The molecule has 0 aromatic heterocycles. The van der Waals surface area contributed by atoms with Gasteiger partial charge in [-0.05, 0) is 0 Å². The summed E-state index contributed by atoms with van der Waals surface area (Å²) in [6.45, 7) is 0. The molecule has 0 amide bonds. The van der Waals surface area contributed by atoms with Gasteiger partial charge in [0.2, 0.25) is 0 Å². The van der Waals surface area contributed by atoms with Crippen LogP contribution in [0.5, 0.6) is 0 Å². The van der Waals surface area contributed by atoms with Gasteiger partial charge in [0, 0.05) is 44.7 Å². The molecule has 0 N–H and O–H groups in total. The second kappa shape index (κ2) is 19.0. The van der Waals surface area contributed by atoms with Crippen LogP contribution in [-0.4, -0.2) is 28.1 Å². The van der Waals surface area contributed by atoms with Crippen LogP contribution in [0.3, 0.4) is 0 Å². The van der Waals surface area contributed by atoms with E-state index in [2.05, 4.69) is 0 Å². The summed E-state index contributed by atoms with van der Waals surface area (Å²) >= 11 is 0. The summed E-state index contributed by atoms with van der Waals surface area (Å²) in [6, 6.07) is 0. The zero-order chi connectivity index (χ0) is 0. The maximum absolute atomic E-state index is 0. The van der Waals surface area contributed by atoms with Crippen molar-refractivity contribution in [2.45, 2.75) is 0 Å². The first kappa shape index (κ1) is 34.9. The maximum atomic E-state index is 0. The van der Waals surface area contributed by atoms with Crippen LogP contribution in [0.1, 0.15) is 0 Å². The summed E-state index contributed by atoms with van der Waals surface area (Å²) in [5, 5.41) is 0. The smallest absolute Gasteiger partial charge is 0 e. The van der Waals surface area contributed by atoms with Crippen molar-refractivity contribution in [3.63, 3.8) is 0 Å². The Morgan fingerprint density at radius 2 is 1.00 bits per heavy atom. The van der Waals surface area contributed by atoms with Crippen molar-refractivity contribution in [1.82, 2.24) is 0 Å². The molecule has 0 rings (SSSR count). The van der Waals surface area contributed by atoms with Crippen molar-refractivity contribution in [2.75, 3.05) is 0 Å². The van der Waals surface area contributed by atoms with Gasteiger partial charge >= 0.3 is 28.1 Å². The third-order valence-electron chi connectivity index (χ3n) is 0. The van der Waals surface area contributed by atoms with Crippen LogP contribution in [0.4, 0.5) is 0 Å². The van der Waals surface area contributed by atoms with E-state index in [9.17, 15) is 0 Å². The van der Waals surface area contributed by atoms with E-state index in [0.717, 1.165) is 0 Å². The SMILES string of the molecule is [AsH3].[BeH2].[Cd].[Cr]. The maximum Gasteiger partial charge on any atom is 0 e. The molecule has 0 aliphatic heterocycles. The summed E-state index contributed by atoms with van der Waals surface area (Å²) in [5.41, 5.74) is 0. The largest absolute Gasteiger partial charge is 0 e. The molecule has 1 atom stereocenters. The van der Waals surface area contributed by atoms with Gasteiger partial charge in [0.05, 0.1) is 0 Å². The molecule has 0 aromatic rings. The second-order valence-electron chi connectivity index (χ2n) is 0. The van der Waals surface area contributed by atoms with Crippen LogP contribution in [0, 0.1) is 0 Å². The third kappa shape index (κ3) is 8.89. The molecule has 0 nitrogen and oxygen atoms in total. The molecule has 4 heavy (non-hydrogen) atoms. The van der Waals surface area contributed by atoms with Crippen LogP contribution in [0.15, 0.2) is 0 Å². The quantitative estimate of drug-likeness (QED) is 0.434. The van der Waals surface area contributed by atoms with Crippen molar-refractivity contribution in [3.8, 4) is 0 Å². The molecular weight excluding hydrogens is 248 g/mol. The number of rotatable bonds is 0. The predicted molar refractivity (Wildman–Crippen MR) is 18.5 cm³/mol. The fourth-order valence-corrected chi connectivity index (χ4v) is 0. The molecule has 0 aliphatic rings. The van der Waals surface area contributed by atoms with Gasteiger partial charge in [-0.2, -0.15) is 0 Å². The summed E-state index contributed by atoms with van der Waals surface area (Å²) < 4.78 is 0. The molecule has 0 aliphatic carbocycles. The molecule has 1 unspecified atom stereocenters. The third-order valence-corrected chi connectivity index (χ3v) is 0. The number of hydrogen-bond acceptors (Lipinski definition) is 0. The Morgan fingerprint density at radius 1 is 1.00 bits per heavy atom. The van der Waals surface area contributed by atoms with Gasteiger partial charge in [-0.1, -0.05) is 0 Å². The van der Waals surface area contributed by atoms with Gasteiger partial charge in [0.1, 0.15) is 0 Å². The molecule has 4 heteroatoms. The fraction of sp³-hybridized carbons (Fsp3) is 0. The first-order chi connectivity index (χ1) is 0. The van der Waals surface area contributed by atoms with E-state index < -0.39 is 0 Å². The van der Waals surface area contributed by atoms with Crippen LogP contribution in [-0.2, 0) is 44.7 Å². The average molecular weight is 253 g/mol. The molecule has 20 valence electrons. The van der Waals surface area contributed by atoms with E-state index in [1.807, 2.05) is 0 Å². The van der Waals surface area contributed by atoms with E-state index in [4.69, 9.17) is 0 Å². The first-order valence-corrected chi connectivity index (χ1v) is 0. The van der Waals surface area contributed by atoms with Crippen molar-refractivity contribution in [3.05, 3.63) is 0 Å². The summed E-state index contributed by atoms with van der Waals surface area (Å²) in [6.07, 6.45) is 0. The van der Waals surface area contributed by atoms with Crippen LogP contribution >= 0.6 is 0 Å². The van der Waals surface area contributed by atoms with Crippen LogP contribution in [0.2, 0.25) is 0 Å². The Morgan fingerprint density at radius 3 is 1.00 bits per heavy atom. The minimum Gasteiger partial charge on any atom is 0 e. The Labute approximate surface area is 71.9 Å². The molecule has 0 fully saturated rings. The minimum atomic E-state index is 0. The van der Waals surface area contributed by atoms with E-state index >= 15 is 0 Å². The van der Waals surface area contributed by atoms with Gasteiger partial charge in [-0.25, -0.2) is 0 Å². The molecule has 0 aromatic carbocycles. The van der Waals surface area contributed by atoms with Crippen molar-refractivity contribution < 1.29 is 44.7 Å². The zero-order valence-corrected chi connectivity index (χ0v) is 10.1. The normalized spacial score (nSPS) is 0. The van der Waals surface area contributed by atoms with Gasteiger partial charge in [-0.15, -0.1) is 0 Å². The number of hydrogen-bond donors (Lipinski definition) is 0. The zero-order valence-electron chi connectivity index (χ0n) is 1.82. The Balaban J connectivity index is 0. The Kier molecular flexibility index (Phi) is 166. The molecule has 0 radical (unpaired) electrons. The van der Waals surface area contributed by atoms with Crippen molar-refractivity contribution in [2.24, 2.45) is 0 Å². The summed E-state index contributed by atoms with van der Waals surface area (Å²) in [7, 11) is 0. The second-order valence-corrected chi connectivity index (χ2v) is 0. The van der Waals surface area contributed by atoms with Gasteiger partial charge in [0.25, 0.3) is 0 Å². The molecule has 0 spiro atoms. The van der Waals surface area contributed by atoms with E-state index in [0.29, 0.717) is 0 Å². The first-order valence-electron chi connectivity index (χ1n) is 0. The topological polar surface area (TPSA) is 0 Å². The van der Waals surface area contributed by atoms with Crippen LogP contribution < -0.4 is 0 Å². The van der Waals surface area contributed by atoms with Crippen LogP contribution in [0.25, 0.3) is 0 Å². The Hall–Kier alpha value is 2.18. The van der Waals surface area contributed by atoms with Gasteiger partial charge in [0.15, 0.2) is 0 Å². The van der Waals surface area contributed by atoms with Gasteiger partial charge in [-0.3, -0.25) is 0 Å². The molecule has 0 heterocycles. The van der Waals surface area contributed by atoms with E-state index in [-0.39, 0.29) is 72.7 Å². The van der Waals surface area contributed by atoms with E-state index in [1.54, 1.807) is 0 Å². The Bertz CT molecular complexity index is 8.00. The molecule has 0 bridgehead atoms. The summed E-state index contributed by atoms with van der Waals surface area (Å²) in [5.74, 6) is 0. The van der Waals surface area contributed by atoms with Crippen molar-refractivity contribution >= 4 is 28.1 Å². The van der Waals surface area contributed by atoms with E-state index in [1.165, 1.54) is 0 Å². The fourth-order valence-electron chi connectivity index (χ4n) is 0. The monoisotopic (exact) mass is 255 g/mol. The summed E-state index contributed by atoms with van der Waals surface area (Å²) in [4.78, 5) is 0. The molecule has 0 saturated heterocycles.